The van der Waals surface area contributed by atoms with Crippen LogP contribution in [-0.2, 0) is 0 Å². The summed E-state index contributed by atoms with van der Waals surface area (Å²) in [5.41, 5.74) is 0. The van der Waals surface area contributed by atoms with Crippen LogP contribution in [-0.4, -0.2) is 0 Å². The molecular weight excluding hydrogens is 12400 g/mol. The van der Waals surface area contributed by atoms with Gasteiger partial charge in [0.1, 0.15) is 0 Å². The second-order valence-corrected chi connectivity index (χ2v) is 0. The molecule has 702 valence electrons. The summed E-state index contributed by atoms with van der Waals surface area (Å²) < 4.78 is 0. The summed E-state index contributed by atoms with van der Waals surface area (Å²) in [6.45, 7) is 0. The molecule has 0 aliphatic rings. The van der Waals surface area contributed by atoms with E-state index in [4.69, 9.17) is 0 Å². The third kappa shape index (κ3) is 539. The van der Waals surface area contributed by atoms with Crippen molar-refractivity contribution in [3.05, 3.63) is 0 Å². The van der Waals surface area contributed by atoms with Crippen molar-refractivity contribution in [1.29, 1.82) is 0 Å². The molecular formula is Tb78. The minimum absolute atomic E-state index is 0. The van der Waals surface area contributed by atoms with Crippen molar-refractivity contribution in [2.75, 3.05) is 0 Å². The van der Waals surface area contributed by atoms with E-state index >= 15 is 0 Å². The first kappa shape index (κ1) is 557. The first-order valence-electron chi connectivity index (χ1n) is 0. The Labute approximate surface area is 2880 Å². The van der Waals surface area contributed by atoms with Crippen molar-refractivity contribution in [2.24, 2.45) is 0 Å². The van der Waals surface area contributed by atoms with E-state index in [1.54, 1.807) is 0 Å². The molecule has 0 fully saturated rings. The Morgan fingerprint density at radius 1 is 0.0128 bits per heavy atom. The molecule has 0 aromatic heterocycles. The van der Waals surface area contributed by atoms with Crippen LogP contribution >= 0.6 is 0 Å². The van der Waals surface area contributed by atoms with Crippen molar-refractivity contribution in [3.63, 3.8) is 0 Å². The largest absolute Gasteiger partial charge is 0 e. The van der Waals surface area contributed by atoms with Gasteiger partial charge in [0.25, 0.3) is 0 Å². The van der Waals surface area contributed by atoms with Crippen LogP contribution in [0.3, 0.4) is 0 Å². The van der Waals surface area contributed by atoms with Crippen LogP contribution < -0.4 is 0 Å². The summed E-state index contributed by atoms with van der Waals surface area (Å²) >= 11 is 0. The maximum atomic E-state index is 0. The van der Waals surface area contributed by atoms with E-state index in [9.17, 15) is 0 Å². The standard InChI is InChI=1S/78Tb. The molecule has 0 N–H and O–H groups in total. The molecule has 78 radical (unpaired) electrons. The van der Waals surface area contributed by atoms with Gasteiger partial charge in [-0.05, 0) is 0 Å². The third-order valence-electron chi connectivity index (χ3n) is 0. The molecule has 0 heterocycles. The number of rotatable bonds is 0. The van der Waals surface area contributed by atoms with Gasteiger partial charge in [-0.25, -0.2) is 0 Å². The quantitative estimate of drug-likeness (QED) is 0.321. The average Bonchev–Trinajstić information content (AvgIpc) is 0. The van der Waals surface area contributed by atoms with E-state index in [-0.39, 0.29) is 3010 Å². The molecule has 0 saturated heterocycles. The molecule has 0 rings (SSSR count). The minimum atomic E-state index is 0. The predicted octanol–water partition coefficient (Wildman–Crippen LogP) is 0. The van der Waals surface area contributed by atoms with Gasteiger partial charge in [-0.2, -0.15) is 0 Å². The van der Waals surface area contributed by atoms with Crippen molar-refractivity contribution < 1.29 is 3010 Å². The molecule has 78 heteroatoms. The van der Waals surface area contributed by atoms with Crippen LogP contribution in [0.1, 0.15) is 0 Å². The first-order valence-corrected chi connectivity index (χ1v) is 0. The van der Waals surface area contributed by atoms with Crippen molar-refractivity contribution in [2.45, 2.75) is 0 Å². The Kier molecular flexibility index (Phi) is 3910. The molecule has 0 aliphatic heterocycles. The van der Waals surface area contributed by atoms with Crippen LogP contribution in [0.4, 0.5) is 0 Å². The fraction of sp³-hybridized carbons (Fsp3) is 0. The molecule has 0 bridgehead atoms. The van der Waals surface area contributed by atoms with Gasteiger partial charge >= 0.3 is 0 Å². The van der Waals surface area contributed by atoms with Crippen LogP contribution in [0, 0.1) is 3010 Å². The summed E-state index contributed by atoms with van der Waals surface area (Å²) in [5, 5.41) is 0. The molecule has 78 heavy (non-hydrogen) atoms. The number of hydrogen-bond acceptors (Lipinski definition) is 0. The maximum absolute atomic E-state index is 0. The van der Waals surface area contributed by atoms with E-state index in [0.717, 1.165) is 0 Å². The van der Waals surface area contributed by atoms with Gasteiger partial charge < -0.3 is 0 Å². The fourth-order valence-electron chi connectivity index (χ4n) is 0. The van der Waals surface area contributed by atoms with Gasteiger partial charge in [-0.15, -0.1) is 0 Å². The zero-order valence-corrected chi connectivity index (χ0v) is 193. The molecule has 0 saturated carbocycles. The fourth-order valence-corrected chi connectivity index (χ4v) is 0. The second-order valence-electron chi connectivity index (χ2n) is 0. The first-order chi connectivity index (χ1) is 0. The average molecular weight is 12400 g/mol. The molecule has 0 aliphatic carbocycles. The minimum Gasteiger partial charge on any atom is 0 e. The summed E-state index contributed by atoms with van der Waals surface area (Å²) in [5.74, 6) is 0. The van der Waals surface area contributed by atoms with Crippen molar-refractivity contribution >= 4 is 0 Å². The Morgan fingerprint density at radius 2 is 0.0128 bits per heavy atom. The monoisotopic (exact) mass is 12400 g/mol. The van der Waals surface area contributed by atoms with Gasteiger partial charge in [-0.1, -0.05) is 0 Å². The second kappa shape index (κ2) is 548. The molecule has 0 spiro atoms. The van der Waals surface area contributed by atoms with Crippen LogP contribution in [0.15, 0.2) is 0 Å². The van der Waals surface area contributed by atoms with E-state index in [1.165, 1.54) is 0 Å². The molecule has 0 unspecified atom stereocenters. The molecule has 0 aromatic carbocycles. The SMILES string of the molecule is [Tb].[Tb].[Tb].[Tb].[Tb].[Tb].[Tb].[Tb].[Tb].[Tb].[Tb].[Tb].[Tb].[Tb].[Tb].[Tb].[Tb].[Tb].[Tb].[Tb].[Tb].[Tb].[Tb].[Tb].[Tb].[Tb].[Tb].[Tb].[Tb].[Tb].[Tb].[Tb].[Tb].[Tb].[Tb].[Tb].[Tb].[Tb].[Tb].[Tb].[Tb].[Tb].[Tb].[Tb].[Tb].[Tb].[Tb].[Tb].[Tb].[Tb].[Tb].[Tb].[Tb].[Tb].[Tb].[Tb].[Tb].[Tb].[Tb].[Tb].[Tb].[Tb].[Tb].[Tb].[Tb].[Tb].[Tb].[Tb].[Tb].[Tb].[Tb].[Tb].[Tb].[Tb].[Tb].[Tb].[Tb].[Tb]. The Bertz CT molecular complexity index is 0. The molecule has 0 nitrogen and oxygen atoms in total. The normalized spacial score (nSPS) is 0. The topological polar surface area (TPSA) is 0 Å². The summed E-state index contributed by atoms with van der Waals surface area (Å²) in [4.78, 5) is 0. The Balaban J connectivity index is 0. The third-order valence-corrected chi connectivity index (χ3v) is 0. The van der Waals surface area contributed by atoms with Gasteiger partial charge in [0.15, 0.2) is 0 Å². The zero-order chi connectivity index (χ0) is 0. The van der Waals surface area contributed by atoms with E-state index < -0.39 is 0 Å². The van der Waals surface area contributed by atoms with Crippen LogP contribution in [0.5, 0.6) is 0 Å². The maximum Gasteiger partial charge on any atom is 0 e. The molecule has 0 amide bonds. The smallest absolute Gasteiger partial charge is 0 e. The van der Waals surface area contributed by atoms with Crippen molar-refractivity contribution in [1.82, 2.24) is 0 Å². The van der Waals surface area contributed by atoms with Gasteiger partial charge in [0.2, 0.25) is 0 Å². The Morgan fingerprint density at radius 3 is 0.0128 bits per heavy atom. The van der Waals surface area contributed by atoms with Gasteiger partial charge in [0.05, 0.1) is 0 Å². The Hall–Kier alpha value is 100. The molecule has 0 aromatic rings. The summed E-state index contributed by atoms with van der Waals surface area (Å²) in [6, 6.07) is 0. The number of hydrogen-bond donors (Lipinski definition) is 0. The van der Waals surface area contributed by atoms with Gasteiger partial charge in [-0.3, -0.25) is 0 Å². The van der Waals surface area contributed by atoms with Gasteiger partial charge in [0, 0.05) is 3010 Å². The van der Waals surface area contributed by atoms with Crippen LogP contribution in [0.25, 0.3) is 0 Å². The van der Waals surface area contributed by atoms with Crippen molar-refractivity contribution in [3.8, 4) is 0 Å². The predicted molar refractivity (Wildman–Crippen MR) is 0 cm³/mol. The van der Waals surface area contributed by atoms with E-state index in [0.29, 0.717) is 0 Å². The summed E-state index contributed by atoms with van der Waals surface area (Å²) in [7, 11) is 0. The summed E-state index contributed by atoms with van der Waals surface area (Å²) in [6.07, 6.45) is 0. The van der Waals surface area contributed by atoms with E-state index in [2.05, 4.69) is 0 Å². The van der Waals surface area contributed by atoms with E-state index in [1.807, 2.05) is 0 Å². The zero-order valence-electron chi connectivity index (χ0n) is 26.0. The molecule has 0 atom stereocenters. The van der Waals surface area contributed by atoms with Crippen LogP contribution in [0.2, 0.25) is 0 Å².